The summed E-state index contributed by atoms with van der Waals surface area (Å²) in [7, 11) is 0. The number of hydrogen-bond donors (Lipinski definition) is 0. The molecule has 0 atom stereocenters. The summed E-state index contributed by atoms with van der Waals surface area (Å²) in [4.78, 5) is 10.7. The number of fused-ring (bicyclic) bond motifs is 1. The van der Waals surface area contributed by atoms with Crippen LogP contribution in [0.15, 0.2) is 223 Å². The van der Waals surface area contributed by atoms with Crippen LogP contribution in [-0.2, 0) is 12.0 Å². The summed E-state index contributed by atoms with van der Waals surface area (Å²) >= 11 is 0. The molecule has 1 aromatic heterocycles. The van der Waals surface area contributed by atoms with Gasteiger partial charge in [0.15, 0.2) is 0 Å². The van der Waals surface area contributed by atoms with Crippen molar-refractivity contribution in [3.63, 3.8) is 0 Å². The molecule has 1 aliphatic carbocycles. The van der Waals surface area contributed by atoms with E-state index < -0.39 is 5.41 Å². The Kier molecular flexibility index (Phi) is 8.92. The van der Waals surface area contributed by atoms with Crippen molar-refractivity contribution in [1.29, 1.82) is 0 Å². The number of aromatic nitrogens is 1. The van der Waals surface area contributed by atoms with Crippen molar-refractivity contribution in [1.82, 2.24) is 4.98 Å². The van der Waals surface area contributed by atoms with Crippen molar-refractivity contribution in [2.75, 3.05) is 0 Å². The van der Waals surface area contributed by atoms with Gasteiger partial charge in [-0.05, 0) is 62.7 Å². The molecule has 256 valence electrons. The van der Waals surface area contributed by atoms with Gasteiger partial charge in [-0.15, -0.1) is 0 Å². The largest absolute Gasteiger partial charge is 0.280 e. The highest BCUT2D eigenvalue weighted by molar-refractivity contribution is 6.19. The smallest absolute Gasteiger partial charge is 0.0728 e. The fraction of sp³-hybridized carbons (Fsp3) is 0.0385. The van der Waals surface area contributed by atoms with E-state index in [9.17, 15) is 0 Å². The standard InChI is InChI=1S/C52H38N2/c1-6-18-38(19-7-1)37-53-51(48-34-43-24-16-17-29-47(43)52(48,45-25-12-4-13-26-45)46-27-14-5-15-28-46)42-32-30-41(31-33-42)50-36-44(39-20-8-2-9-21-39)35-49(54-50)40-22-10-3-11-23-40/h1-36H,37H2. The van der Waals surface area contributed by atoms with Crippen LogP contribution in [-0.4, -0.2) is 10.7 Å². The first kappa shape index (κ1) is 33.0. The maximum absolute atomic E-state index is 5.52. The highest BCUT2D eigenvalue weighted by Crippen LogP contribution is 2.52. The molecule has 0 bridgehead atoms. The van der Waals surface area contributed by atoms with E-state index in [-0.39, 0.29) is 0 Å². The molecule has 2 heteroatoms. The molecule has 0 saturated carbocycles. The Morgan fingerprint density at radius 3 is 1.52 bits per heavy atom. The summed E-state index contributed by atoms with van der Waals surface area (Å²) in [6.07, 6.45) is 2.37. The summed E-state index contributed by atoms with van der Waals surface area (Å²) in [6.45, 7) is 0.562. The lowest BCUT2D eigenvalue weighted by Crippen LogP contribution is -2.33. The number of benzene rings is 7. The van der Waals surface area contributed by atoms with Gasteiger partial charge < -0.3 is 0 Å². The maximum Gasteiger partial charge on any atom is 0.0728 e. The first-order chi connectivity index (χ1) is 26.8. The number of pyridine rings is 1. The van der Waals surface area contributed by atoms with E-state index in [0.717, 1.165) is 44.9 Å². The van der Waals surface area contributed by atoms with Crippen LogP contribution in [0.5, 0.6) is 0 Å². The van der Waals surface area contributed by atoms with E-state index in [1.54, 1.807) is 0 Å². The Bertz CT molecular complexity index is 2480. The molecule has 0 fully saturated rings. The Labute approximate surface area is 317 Å². The first-order valence-electron chi connectivity index (χ1n) is 18.5. The lowest BCUT2D eigenvalue weighted by molar-refractivity contribution is 0.769. The molecule has 2 nitrogen and oxygen atoms in total. The number of nitrogens with zero attached hydrogens (tertiary/aromatic N) is 2. The molecule has 0 unspecified atom stereocenters. The van der Waals surface area contributed by atoms with Crippen LogP contribution in [0.4, 0.5) is 0 Å². The Morgan fingerprint density at radius 1 is 0.444 bits per heavy atom. The molecule has 0 saturated heterocycles. The summed E-state index contributed by atoms with van der Waals surface area (Å²) in [5, 5.41) is 0. The molecule has 1 aliphatic rings. The predicted octanol–water partition coefficient (Wildman–Crippen LogP) is 12.5. The maximum atomic E-state index is 5.52. The lowest BCUT2D eigenvalue weighted by atomic mass is 9.65. The van der Waals surface area contributed by atoms with Crippen molar-refractivity contribution < 1.29 is 0 Å². The molecule has 1 heterocycles. The molecule has 0 radical (unpaired) electrons. The van der Waals surface area contributed by atoms with Gasteiger partial charge in [0.1, 0.15) is 0 Å². The van der Waals surface area contributed by atoms with Gasteiger partial charge in [-0.2, -0.15) is 0 Å². The second-order valence-corrected chi connectivity index (χ2v) is 13.7. The minimum absolute atomic E-state index is 0.562. The fourth-order valence-corrected chi connectivity index (χ4v) is 7.90. The quantitative estimate of drug-likeness (QED) is 0.138. The minimum Gasteiger partial charge on any atom is -0.280 e. The van der Waals surface area contributed by atoms with Gasteiger partial charge in [0.05, 0.1) is 29.1 Å². The number of hydrogen-bond acceptors (Lipinski definition) is 2. The monoisotopic (exact) mass is 690 g/mol. The molecule has 8 aromatic rings. The van der Waals surface area contributed by atoms with Crippen LogP contribution in [0.1, 0.15) is 33.4 Å². The third-order valence-corrected chi connectivity index (χ3v) is 10.5. The van der Waals surface area contributed by atoms with Crippen molar-refractivity contribution in [2.24, 2.45) is 4.99 Å². The van der Waals surface area contributed by atoms with Crippen LogP contribution >= 0.6 is 0 Å². The molecule has 54 heavy (non-hydrogen) atoms. The van der Waals surface area contributed by atoms with Crippen LogP contribution < -0.4 is 0 Å². The average molecular weight is 691 g/mol. The lowest BCUT2D eigenvalue weighted by Gasteiger charge is -2.36. The third kappa shape index (κ3) is 6.18. The summed E-state index contributed by atoms with van der Waals surface area (Å²) in [5.74, 6) is 0. The van der Waals surface area contributed by atoms with Crippen molar-refractivity contribution >= 4 is 11.8 Å². The zero-order valence-electron chi connectivity index (χ0n) is 29.9. The molecular formula is C52H38N2. The SMILES string of the molecule is C1=C(C(=NCc2ccccc2)c2ccc(-c3cc(-c4ccccc4)cc(-c4ccccc4)n3)cc2)C(c2ccccc2)(c2ccccc2)c2ccccc21. The van der Waals surface area contributed by atoms with Crippen LogP contribution in [0.3, 0.4) is 0 Å². The van der Waals surface area contributed by atoms with Crippen LogP contribution in [0.25, 0.3) is 39.7 Å². The van der Waals surface area contributed by atoms with Crippen LogP contribution in [0.2, 0.25) is 0 Å². The summed E-state index contributed by atoms with van der Waals surface area (Å²) in [6, 6.07) is 75.4. The second kappa shape index (κ2) is 14.6. The normalized spacial score (nSPS) is 13.3. The number of allylic oxidation sites excluding steroid dienone is 1. The fourth-order valence-electron chi connectivity index (χ4n) is 7.90. The average Bonchev–Trinajstić information content (AvgIpc) is 3.61. The van der Waals surface area contributed by atoms with E-state index in [1.807, 2.05) is 6.07 Å². The molecule has 0 spiro atoms. The van der Waals surface area contributed by atoms with Gasteiger partial charge in [-0.3, -0.25) is 4.99 Å². The van der Waals surface area contributed by atoms with Gasteiger partial charge in [0.2, 0.25) is 0 Å². The zero-order valence-corrected chi connectivity index (χ0v) is 29.9. The van der Waals surface area contributed by atoms with Crippen molar-refractivity contribution in [3.8, 4) is 33.6 Å². The topological polar surface area (TPSA) is 25.2 Å². The molecular weight excluding hydrogens is 653 g/mol. The third-order valence-electron chi connectivity index (χ3n) is 10.5. The minimum atomic E-state index is -0.566. The van der Waals surface area contributed by atoms with Gasteiger partial charge in [0.25, 0.3) is 0 Å². The Morgan fingerprint density at radius 2 is 0.926 bits per heavy atom. The number of rotatable bonds is 9. The number of aliphatic imine (C=N–C) groups is 1. The van der Waals surface area contributed by atoms with E-state index in [2.05, 4.69) is 212 Å². The van der Waals surface area contributed by atoms with Gasteiger partial charge >= 0.3 is 0 Å². The van der Waals surface area contributed by atoms with E-state index in [4.69, 9.17) is 9.98 Å². The Hall–Kier alpha value is -6.90. The van der Waals surface area contributed by atoms with Gasteiger partial charge in [-0.25, -0.2) is 4.98 Å². The Balaban J connectivity index is 1.21. The van der Waals surface area contributed by atoms with Crippen molar-refractivity contribution in [3.05, 3.63) is 251 Å². The van der Waals surface area contributed by atoms with Crippen molar-refractivity contribution in [2.45, 2.75) is 12.0 Å². The van der Waals surface area contributed by atoms with E-state index in [1.165, 1.54) is 33.4 Å². The van der Waals surface area contributed by atoms with Gasteiger partial charge in [-0.1, -0.05) is 200 Å². The van der Waals surface area contributed by atoms with Gasteiger partial charge in [0, 0.05) is 16.7 Å². The molecule has 9 rings (SSSR count). The summed E-state index contributed by atoms with van der Waals surface area (Å²) < 4.78 is 0. The first-order valence-corrected chi connectivity index (χ1v) is 18.5. The molecule has 0 N–H and O–H groups in total. The highest BCUT2D eigenvalue weighted by atomic mass is 14.8. The van der Waals surface area contributed by atoms with Crippen LogP contribution in [0, 0.1) is 0 Å². The molecule has 0 aliphatic heterocycles. The van der Waals surface area contributed by atoms with E-state index in [0.29, 0.717) is 6.54 Å². The summed E-state index contributed by atoms with van der Waals surface area (Å²) in [5.41, 5.74) is 15.0. The zero-order chi connectivity index (χ0) is 36.2. The second-order valence-electron chi connectivity index (χ2n) is 13.7. The molecule has 0 amide bonds. The predicted molar refractivity (Wildman–Crippen MR) is 224 cm³/mol. The molecule has 7 aromatic carbocycles. The van der Waals surface area contributed by atoms with E-state index >= 15 is 0 Å². The highest BCUT2D eigenvalue weighted by Gasteiger charge is 2.46.